The largest absolute Gasteiger partial charge is 0.416 e. The maximum atomic E-state index is 12.7. The van der Waals surface area contributed by atoms with E-state index in [4.69, 9.17) is 0 Å². The van der Waals surface area contributed by atoms with Crippen LogP contribution in [0.25, 0.3) is 0 Å². The normalized spacial score (nSPS) is 11.6. The molecule has 0 amide bonds. The summed E-state index contributed by atoms with van der Waals surface area (Å²) in [4.78, 5) is 13.7. The number of hydrogen-bond donors (Lipinski definition) is 0. The van der Waals surface area contributed by atoms with Gasteiger partial charge in [-0.2, -0.15) is 13.2 Å². The van der Waals surface area contributed by atoms with Crippen molar-refractivity contribution < 1.29 is 18.0 Å². The van der Waals surface area contributed by atoms with Crippen molar-refractivity contribution in [2.24, 2.45) is 0 Å². The van der Waals surface area contributed by atoms with E-state index in [0.717, 1.165) is 34.6 Å². The van der Waals surface area contributed by atoms with E-state index in [2.05, 4.69) is 0 Å². The first-order valence-corrected chi connectivity index (χ1v) is 7.50. The molecule has 1 heterocycles. The molecule has 0 fully saturated rings. The van der Waals surface area contributed by atoms with E-state index in [1.807, 2.05) is 6.92 Å². The van der Waals surface area contributed by atoms with Gasteiger partial charge in [0.15, 0.2) is 6.29 Å². The lowest BCUT2D eigenvalue weighted by atomic mass is 10.2. The first-order chi connectivity index (χ1) is 9.44. The number of aldehydes is 1. The lowest BCUT2D eigenvalue weighted by Crippen LogP contribution is -2.04. The van der Waals surface area contributed by atoms with Crippen LogP contribution in [0.1, 0.15) is 27.0 Å². The van der Waals surface area contributed by atoms with Crippen molar-refractivity contribution in [1.82, 2.24) is 0 Å². The highest BCUT2D eigenvalue weighted by Crippen LogP contribution is 2.38. The predicted molar refractivity (Wildman–Crippen MR) is 74.7 cm³/mol. The van der Waals surface area contributed by atoms with Gasteiger partial charge in [0.2, 0.25) is 0 Å². The van der Waals surface area contributed by atoms with Gasteiger partial charge in [-0.3, -0.25) is 4.79 Å². The Kier molecular flexibility index (Phi) is 4.55. The maximum Gasteiger partial charge on any atom is 0.416 e. The van der Waals surface area contributed by atoms with Crippen LogP contribution in [0.15, 0.2) is 40.1 Å². The first-order valence-electron chi connectivity index (χ1n) is 5.87. The van der Waals surface area contributed by atoms with Gasteiger partial charge < -0.3 is 0 Å². The molecule has 0 unspecified atom stereocenters. The number of thiophene rings is 1. The fourth-order valence-corrected chi connectivity index (χ4v) is 3.85. The van der Waals surface area contributed by atoms with Crippen molar-refractivity contribution >= 4 is 29.4 Å². The second-order valence-electron chi connectivity index (χ2n) is 4.04. The summed E-state index contributed by atoms with van der Waals surface area (Å²) in [5.41, 5.74) is -0.661. The number of benzene rings is 1. The van der Waals surface area contributed by atoms with E-state index >= 15 is 0 Å². The second kappa shape index (κ2) is 6.01. The van der Waals surface area contributed by atoms with Crippen molar-refractivity contribution in [3.05, 3.63) is 45.6 Å². The van der Waals surface area contributed by atoms with E-state index in [1.165, 1.54) is 29.2 Å². The summed E-state index contributed by atoms with van der Waals surface area (Å²) in [5.74, 6) is 0. The van der Waals surface area contributed by atoms with E-state index in [-0.39, 0.29) is 0 Å². The number of alkyl halides is 3. The van der Waals surface area contributed by atoms with Crippen LogP contribution in [0.4, 0.5) is 13.2 Å². The van der Waals surface area contributed by atoms with Gasteiger partial charge in [0.25, 0.3) is 0 Å². The molecule has 106 valence electrons. The zero-order chi connectivity index (χ0) is 14.8. The van der Waals surface area contributed by atoms with Gasteiger partial charge in [-0.1, -0.05) is 24.8 Å². The number of halogens is 3. The monoisotopic (exact) mass is 316 g/mol. The van der Waals surface area contributed by atoms with Crippen LogP contribution in [0, 0.1) is 0 Å². The third-order valence-electron chi connectivity index (χ3n) is 2.62. The highest BCUT2D eigenvalue weighted by atomic mass is 32.2. The van der Waals surface area contributed by atoms with Crippen LogP contribution in [-0.2, 0) is 12.6 Å². The molecule has 6 heteroatoms. The smallest absolute Gasteiger partial charge is 0.297 e. The summed E-state index contributed by atoms with van der Waals surface area (Å²) in [6, 6.07) is 6.93. The minimum atomic E-state index is -4.34. The fraction of sp³-hybridized carbons (Fsp3) is 0.214. The van der Waals surface area contributed by atoms with Gasteiger partial charge in [0.05, 0.1) is 10.4 Å². The molecular weight excluding hydrogens is 305 g/mol. The van der Waals surface area contributed by atoms with Crippen LogP contribution < -0.4 is 0 Å². The number of hydrogen-bond acceptors (Lipinski definition) is 3. The number of aryl methyl sites for hydroxylation is 1. The second-order valence-corrected chi connectivity index (χ2v) is 6.32. The Morgan fingerprint density at radius 3 is 2.65 bits per heavy atom. The van der Waals surface area contributed by atoms with Gasteiger partial charge in [0, 0.05) is 14.7 Å². The molecule has 1 aromatic heterocycles. The Balaban J connectivity index is 2.30. The molecule has 0 spiro atoms. The zero-order valence-corrected chi connectivity index (χ0v) is 12.2. The van der Waals surface area contributed by atoms with Crippen LogP contribution in [0.3, 0.4) is 0 Å². The fourth-order valence-electron chi connectivity index (χ4n) is 1.69. The third-order valence-corrected chi connectivity index (χ3v) is 5.02. The molecule has 2 rings (SSSR count). The van der Waals surface area contributed by atoms with E-state index < -0.39 is 11.7 Å². The maximum absolute atomic E-state index is 12.7. The standard InChI is InChI=1S/C14H11F3OS2/c1-2-12-13(7-11(8-18)20-12)19-10-5-3-4-9(6-10)14(15,16)17/h3-8H,2H2,1H3. The zero-order valence-electron chi connectivity index (χ0n) is 10.5. The topological polar surface area (TPSA) is 17.1 Å². The Labute approximate surface area is 122 Å². The summed E-state index contributed by atoms with van der Waals surface area (Å²) in [7, 11) is 0. The summed E-state index contributed by atoms with van der Waals surface area (Å²) < 4.78 is 38.0. The third kappa shape index (κ3) is 3.43. The lowest BCUT2D eigenvalue weighted by molar-refractivity contribution is -0.137. The van der Waals surface area contributed by atoms with Crippen LogP contribution in [-0.4, -0.2) is 6.29 Å². The van der Waals surface area contributed by atoms with Gasteiger partial charge >= 0.3 is 6.18 Å². The number of carbonyl (C=O) groups is 1. The van der Waals surface area contributed by atoms with Crippen molar-refractivity contribution in [3.8, 4) is 0 Å². The van der Waals surface area contributed by atoms with Crippen LogP contribution >= 0.6 is 23.1 Å². The first kappa shape index (κ1) is 15.1. The van der Waals surface area contributed by atoms with Crippen LogP contribution in [0.2, 0.25) is 0 Å². The van der Waals surface area contributed by atoms with E-state index in [0.29, 0.717) is 9.77 Å². The highest BCUT2D eigenvalue weighted by molar-refractivity contribution is 7.99. The average molecular weight is 316 g/mol. The lowest BCUT2D eigenvalue weighted by Gasteiger charge is -2.08. The summed E-state index contributed by atoms with van der Waals surface area (Å²) in [6.45, 7) is 1.95. The molecule has 0 bridgehead atoms. The molecule has 0 saturated heterocycles. The van der Waals surface area contributed by atoms with Crippen molar-refractivity contribution in [2.75, 3.05) is 0 Å². The predicted octanol–water partition coefficient (Wildman–Crippen LogP) is 5.29. The van der Waals surface area contributed by atoms with Crippen molar-refractivity contribution in [3.63, 3.8) is 0 Å². The molecule has 2 aromatic rings. The molecule has 1 aromatic carbocycles. The molecule has 20 heavy (non-hydrogen) atoms. The minimum Gasteiger partial charge on any atom is -0.297 e. The molecule has 0 aliphatic rings. The molecule has 0 radical (unpaired) electrons. The van der Waals surface area contributed by atoms with Gasteiger partial charge in [-0.25, -0.2) is 0 Å². The molecule has 0 atom stereocenters. The number of carbonyl (C=O) groups excluding carboxylic acids is 1. The van der Waals surface area contributed by atoms with Crippen LogP contribution in [0.5, 0.6) is 0 Å². The Morgan fingerprint density at radius 2 is 2.05 bits per heavy atom. The number of rotatable bonds is 4. The van der Waals surface area contributed by atoms with Gasteiger partial charge in [-0.15, -0.1) is 11.3 Å². The van der Waals surface area contributed by atoms with Gasteiger partial charge in [0.1, 0.15) is 0 Å². The molecular formula is C14H11F3OS2. The molecule has 0 N–H and O–H groups in total. The summed E-state index contributed by atoms with van der Waals surface area (Å²) in [5, 5.41) is 0. The highest BCUT2D eigenvalue weighted by Gasteiger charge is 2.30. The van der Waals surface area contributed by atoms with Crippen molar-refractivity contribution in [1.29, 1.82) is 0 Å². The van der Waals surface area contributed by atoms with E-state index in [9.17, 15) is 18.0 Å². The Bertz CT molecular complexity index is 617. The molecule has 1 nitrogen and oxygen atoms in total. The quantitative estimate of drug-likeness (QED) is 0.713. The SMILES string of the molecule is CCc1sc(C=O)cc1Sc1cccc(C(F)(F)F)c1. The summed E-state index contributed by atoms with van der Waals surface area (Å²) >= 11 is 2.63. The summed E-state index contributed by atoms with van der Waals surface area (Å²) in [6.07, 6.45) is -2.83. The average Bonchev–Trinajstić information content (AvgIpc) is 2.80. The van der Waals surface area contributed by atoms with E-state index in [1.54, 1.807) is 12.1 Å². The molecule has 0 aliphatic heterocycles. The van der Waals surface area contributed by atoms with Crippen molar-refractivity contribution in [2.45, 2.75) is 29.3 Å². The minimum absolute atomic E-state index is 0.518. The Morgan fingerprint density at radius 1 is 1.30 bits per heavy atom. The molecule has 0 aliphatic carbocycles. The Hall–Kier alpha value is -1.27. The molecule has 0 saturated carbocycles. The van der Waals surface area contributed by atoms with Gasteiger partial charge in [-0.05, 0) is 30.7 Å².